The molecule has 1 aromatic carbocycles. The van der Waals surface area contributed by atoms with Crippen LogP contribution < -0.4 is 9.47 Å². The van der Waals surface area contributed by atoms with Crippen molar-refractivity contribution in [2.24, 2.45) is 0 Å². The summed E-state index contributed by atoms with van der Waals surface area (Å²) in [4.78, 5) is 0. The predicted molar refractivity (Wildman–Crippen MR) is 69.9 cm³/mol. The van der Waals surface area contributed by atoms with Gasteiger partial charge in [-0.25, -0.2) is 0 Å². The molecule has 0 saturated heterocycles. The van der Waals surface area contributed by atoms with Crippen LogP contribution >= 0.6 is 15.9 Å². The van der Waals surface area contributed by atoms with Crippen molar-refractivity contribution >= 4 is 15.9 Å². The lowest BCUT2D eigenvalue weighted by Gasteiger charge is -2.14. The SMILES string of the molecule is COc1cc(CC(C)O)c(Br)c2c1OC(C)C2. The number of benzene rings is 1. The number of halogens is 1. The first kappa shape index (κ1) is 12.7. The largest absolute Gasteiger partial charge is 0.493 e. The highest BCUT2D eigenvalue weighted by Gasteiger charge is 2.27. The first-order valence-corrected chi connectivity index (χ1v) is 6.55. The van der Waals surface area contributed by atoms with E-state index in [1.54, 1.807) is 14.0 Å². The van der Waals surface area contributed by atoms with Crippen LogP contribution in [-0.2, 0) is 12.8 Å². The maximum atomic E-state index is 9.50. The summed E-state index contributed by atoms with van der Waals surface area (Å²) in [5.41, 5.74) is 2.21. The molecule has 2 rings (SSSR count). The Bertz CT molecular complexity index is 429. The van der Waals surface area contributed by atoms with E-state index in [2.05, 4.69) is 15.9 Å². The van der Waals surface area contributed by atoms with Crippen molar-refractivity contribution in [3.05, 3.63) is 21.7 Å². The van der Waals surface area contributed by atoms with Crippen LogP contribution in [0.15, 0.2) is 10.5 Å². The molecule has 0 amide bonds. The van der Waals surface area contributed by atoms with Crippen LogP contribution in [0.4, 0.5) is 0 Å². The van der Waals surface area contributed by atoms with Crippen molar-refractivity contribution < 1.29 is 14.6 Å². The second kappa shape index (κ2) is 4.86. The van der Waals surface area contributed by atoms with Crippen molar-refractivity contribution in [3.8, 4) is 11.5 Å². The van der Waals surface area contributed by atoms with Gasteiger partial charge in [0.25, 0.3) is 0 Å². The number of hydrogen-bond acceptors (Lipinski definition) is 3. The number of fused-ring (bicyclic) bond motifs is 1. The Hall–Kier alpha value is -0.740. The topological polar surface area (TPSA) is 38.7 Å². The van der Waals surface area contributed by atoms with E-state index in [0.29, 0.717) is 6.42 Å². The highest BCUT2D eigenvalue weighted by atomic mass is 79.9. The second-order valence-corrected chi connectivity index (χ2v) is 5.34. The van der Waals surface area contributed by atoms with Gasteiger partial charge in [0, 0.05) is 16.5 Å². The highest BCUT2D eigenvalue weighted by Crippen LogP contribution is 2.44. The normalized spacial score (nSPS) is 19.7. The molecule has 0 spiro atoms. The summed E-state index contributed by atoms with van der Waals surface area (Å²) in [6.07, 6.45) is 1.30. The standard InChI is InChI=1S/C13H17BrO3/c1-7(15)4-9-6-11(16-3)13-10(12(9)14)5-8(2)17-13/h6-8,15H,4-5H2,1-3H3. The fraction of sp³-hybridized carbons (Fsp3) is 0.538. The molecule has 2 unspecified atom stereocenters. The minimum absolute atomic E-state index is 0.178. The molecule has 1 N–H and O–H groups in total. The Morgan fingerprint density at radius 3 is 2.94 bits per heavy atom. The molecule has 4 heteroatoms. The summed E-state index contributed by atoms with van der Waals surface area (Å²) >= 11 is 3.60. The average Bonchev–Trinajstić information content (AvgIpc) is 2.64. The Morgan fingerprint density at radius 1 is 1.65 bits per heavy atom. The zero-order valence-corrected chi connectivity index (χ0v) is 11.9. The van der Waals surface area contributed by atoms with Gasteiger partial charge < -0.3 is 14.6 Å². The lowest BCUT2D eigenvalue weighted by atomic mass is 10.0. The first-order chi connectivity index (χ1) is 8.02. The zero-order valence-electron chi connectivity index (χ0n) is 10.3. The molecule has 1 aliphatic heterocycles. The molecule has 1 aliphatic rings. The van der Waals surface area contributed by atoms with Gasteiger partial charge in [-0.3, -0.25) is 0 Å². The number of rotatable bonds is 3. The van der Waals surface area contributed by atoms with E-state index < -0.39 is 0 Å². The van der Waals surface area contributed by atoms with Gasteiger partial charge in [-0.1, -0.05) is 15.9 Å². The van der Waals surface area contributed by atoms with Crippen LogP contribution in [-0.4, -0.2) is 24.4 Å². The van der Waals surface area contributed by atoms with E-state index in [9.17, 15) is 5.11 Å². The Labute approximate surface area is 110 Å². The summed E-state index contributed by atoms with van der Waals surface area (Å²) < 4.78 is 12.1. The van der Waals surface area contributed by atoms with Gasteiger partial charge in [0.15, 0.2) is 11.5 Å². The molecule has 1 aromatic rings. The molecule has 0 radical (unpaired) electrons. The Kier molecular flexibility index (Phi) is 3.64. The maximum Gasteiger partial charge on any atom is 0.166 e. The molecule has 0 aliphatic carbocycles. The Balaban J connectivity index is 2.47. The highest BCUT2D eigenvalue weighted by molar-refractivity contribution is 9.10. The lowest BCUT2D eigenvalue weighted by molar-refractivity contribution is 0.195. The van der Waals surface area contributed by atoms with Crippen molar-refractivity contribution in [3.63, 3.8) is 0 Å². The summed E-state index contributed by atoms with van der Waals surface area (Å²) in [6, 6.07) is 1.94. The minimum atomic E-state index is -0.367. The zero-order chi connectivity index (χ0) is 12.6. The van der Waals surface area contributed by atoms with E-state index in [1.165, 1.54) is 0 Å². The predicted octanol–water partition coefficient (Wildman–Crippen LogP) is 2.70. The van der Waals surface area contributed by atoms with Crippen molar-refractivity contribution in [1.82, 2.24) is 0 Å². The van der Waals surface area contributed by atoms with Crippen LogP contribution in [0.5, 0.6) is 11.5 Å². The molecule has 0 saturated carbocycles. The third-order valence-corrected chi connectivity index (χ3v) is 3.88. The number of methoxy groups -OCH3 is 1. The first-order valence-electron chi connectivity index (χ1n) is 5.76. The van der Waals surface area contributed by atoms with Gasteiger partial charge >= 0.3 is 0 Å². The smallest absolute Gasteiger partial charge is 0.166 e. The van der Waals surface area contributed by atoms with E-state index in [-0.39, 0.29) is 12.2 Å². The summed E-state index contributed by atoms with van der Waals surface area (Å²) in [5.74, 6) is 1.59. The van der Waals surface area contributed by atoms with Gasteiger partial charge in [-0.15, -0.1) is 0 Å². The van der Waals surface area contributed by atoms with Crippen molar-refractivity contribution in [1.29, 1.82) is 0 Å². The number of aliphatic hydroxyl groups excluding tert-OH is 1. The summed E-state index contributed by atoms with van der Waals surface area (Å²) in [6.45, 7) is 3.82. The molecule has 2 atom stereocenters. The van der Waals surface area contributed by atoms with E-state index in [4.69, 9.17) is 9.47 Å². The summed E-state index contributed by atoms with van der Waals surface area (Å²) in [7, 11) is 1.64. The van der Waals surface area contributed by atoms with E-state index in [1.807, 2.05) is 13.0 Å². The number of ether oxygens (including phenoxy) is 2. The quantitative estimate of drug-likeness (QED) is 0.933. The van der Waals surface area contributed by atoms with Gasteiger partial charge in [0.2, 0.25) is 0 Å². The van der Waals surface area contributed by atoms with E-state index in [0.717, 1.165) is 33.5 Å². The minimum Gasteiger partial charge on any atom is -0.493 e. The van der Waals surface area contributed by atoms with Crippen molar-refractivity contribution in [2.75, 3.05) is 7.11 Å². The van der Waals surface area contributed by atoms with E-state index >= 15 is 0 Å². The second-order valence-electron chi connectivity index (χ2n) is 4.55. The third-order valence-electron chi connectivity index (χ3n) is 2.90. The van der Waals surface area contributed by atoms with Crippen LogP contribution in [0.25, 0.3) is 0 Å². The van der Waals surface area contributed by atoms with Crippen LogP contribution in [0.2, 0.25) is 0 Å². The van der Waals surface area contributed by atoms with Gasteiger partial charge in [-0.05, 0) is 31.9 Å². The van der Waals surface area contributed by atoms with Gasteiger partial charge in [0.05, 0.1) is 13.2 Å². The molecule has 0 bridgehead atoms. The maximum absolute atomic E-state index is 9.50. The third kappa shape index (κ3) is 2.43. The molecular weight excluding hydrogens is 284 g/mol. The monoisotopic (exact) mass is 300 g/mol. The number of aliphatic hydroxyl groups is 1. The van der Waals surface area contributed by atoms with Crippen LogP contribution in [0.1, 0.15) is 25.0 Å². The summed E-state index contributed by atoms with van der Waals surface area (Å²) in [5, 5.41) is 9.50. The molecule has 0 aromatic heterocycles. The van der Waals surface area contributed by atoms with Gasteiger partial charge in [-0.2, -0.15) is 0 Å². The molecule has 94 valence electrons. The number of hydrogen-bond donors (Lipinski definition) is 1. The average molecular weight is 301 g/mol. The fourth-order valence-electron chi connectivity index (χ4n) is 2.19. The van der Waals surface area contributed by atoms with Crippen molar-refractivity contribution in [2.45, 2.75) is 38.9 Å². The van der Waals surface area contributed by atoms with Gasteiger partial charge in [0.1, 0.15) is 6.10 Å². The van der Waals surface area contributed by atoms with Crippen LogP contribution in [0.3, 0.4) is 0 Å². The molecule has 1 heterocycles. The lowest BCUT2D eigenvalue weighted by Crippen LogP contribution is -2.06. The van der Waals surface area contributed by atoms with Crippen LogP contribution in [0, 0.1) is 0 Å². The molecule has 3 nitrogen and oxygen atoms in total. The molecular formula is C13H17BrO3. The molecule has 17 heavy (non-hydrogen) atoms. The Morgan fingerprint density at radius 2 is 2.35 bits per heavy atom. The molecule has 0 fully saturated rings. The fourth-order valence-corrected chi connectivity index (χ4v) is 2.81.